The number of para-hydroxylation sites is 1. The number of benzene rings is 3. The van der Waals surface area contributed by atoms with Gasteiger partial charge < -0.3 is 14.8 Å². The zero-order valence-electron chi connectivity index (χ0n) is 21.7. The molecule has 6 nitrogen and oxygen atoms in total. The number of halogens is 1. The normalized spacial score (nSPS) is 17.1. The van der Waals surface area contributed by atoms with Gasteiger partial charge in [-0.05, 0) is 67.3 Å². The number of amides is 1. The Morgan fingerprint density at radius 2 is 1.82 bits per heavy atom. The number of Topliss-reactive ketones (excluding diaryl/α,β-unsaturated/α-hetero) is 1. The van der Waals surface area contributed by atoms with E-state index < -0.39 is 17.7 Å². The van der Waals surface area contributed by atoms with Crippen LogP contribution >= 0.6 is 11.6 Å². The summed E-state index contributed by atoms with van der Waals surface area (Å²) in [7, 11) is 0. The molecule has 2 N–H and O–H groups in total. The average molecular weight is 529 g/mol. The van der Waals surface area contributed by atoms with E-state index in [1.807, 2.05) is 44.2 Å². The zero-order chi connectivity index (χ0) is 27.1. The lowest BCUT2D eigenvalue weighted by Crippen LogP contribution is -2.29. The number of hydrogen-bond donors (Lipinski definition) is 2. The van der Waals surface area contributed by atoms with Gasteiger partial charge in [-0.2, -0.15) is 0 Å². The summed E-state index contributed by atoms with van der Waals surface area (Å²) in [5.41, 5.74) is 4.16. The third-order valence-corrected chi connectivity index (χ3v) is 7.22. The van der Waals surface area contributed by atoms with E-state index in [1.54, 1.807) is 36.5 Å². The second kappa shape index (κ2) is 10.0. The number of hydrogen-bond acceptors (Lipinski definition) is 4. The molecule has 1 saturated heterocycles. The summed E-state index contributed by atoms with van der Waals surface area (Å²) in [4.78, 5) is 31.7. The van der Waals surface area contributed by atoms with Crippen molar-refractivity contribution in [1.82, 2.24) is 4.98 Å². The molecule has 4 aromatic rings. The Morgan fingerprint density at radius 3 is 2.53 bits per heavy atom. The molecule has 1 fully saturated rings. The first-order valence-corrected chi connectivity index (χ1v) is 12.9. The van der Waals surface area contributed by atoms with Gasteiger partial charge >= 0.3 is 0 Å². The first-order valence-electron chi connectivity index (χ1n) is 12.5. The fourth-order valence-corrected chi connectivity index (χ4v) is 4.99. The van der Waals surface area contributed by atoms with Gasteiger partial charge in [0.1, 0.15) is 11.5 Å². The van der Waals surface area contributed by atoms with Crippen molar-refractivity contribution < 1.29 is 19.4 Å². The number of ether oxygens (including phenoxy) is 1. The molecule has 7 heteroatoms. The number of ketones is 1. The van der Waals surface area contributed by atoms with E-state index in [4.69, 9.17) is 16.3 Å². The van der Waals surface area contributed by atoms with Crippen LogP contribution < -0.4 is 9.64 Å². The molecule has 194 valence electrons. The standard InChI is InChI=1S/C31H29ClN2O4/c1-17(2)16-38-26-12-10-20(13-19(26)4)29(35)27-28(23-15-33-25-8-6-5-7-22(23)25)34(31(37)30(27)36)21-11-9-18(3)24(32)14-21/h5-15,17,28,33,35H,16H2,1-4H3/b29-27+. The predicted octanol–water partition coefficient (Wildman–Crippen LogP) is 7.10. The predicted molar refractivity (Wildman–Crippen MR) is 151 cm³/mol. The van der Waals surface area contributed by atoms with Crippen molar-refractivity contribution in [3.8, 4) is 5.75 Å². The minimum absolute atomic E-state index is 0.0201. The number of anilines is 1. The summed E-state index contributed by atoms with van der Waals surface area (Å²) < 4.78 is 5.88. The van der Waals surface area contributed by atoms with Gasteiger partial charge in [0.05, 0.1) is 18.2 Å². The number of aryl methyl sites for hydroxylation is 2. The maximum atomic E-state index is 13.5. The Balaban J connectivity index is 1.69. The van der Waals surface area contributed by atoms with Crippen LogP contribution in [-0.4, -0.2) is 28.4 Å². The van der Waals surface area contributed by atoms with E-state index >= 15 is 0 Å². The zero-order valence-corrected chi connectivity index (χ0v) is 22.5. The maximum absolute atomic E-state index is 13.5. The smallest absolute Gasteiger partial charge is 0.300 e. The maximum Gasteiger partial charge on any atom is 0.300 e. The molecule has 38 heavy (non-hydrogen) atoms. The minimum Gasteiger partial charge on any atom is -0.507 e. The average Bonchev–Trinajstić information content (AvgIpc) is 3.43. The van der Waals surface area contributed by atoms with E-state index in [-0.39, 0.29) is 11.3 Å². The quantitative estimate of drug-likeness (QED) is 0.159. The third-order valence-electron chi connectivity index (χ3n) is 6.81. The Morgan fingerprint density at radius 1 is 1.05 bits per heavy atom. The lowest BCUT2D eigenvalue weighted by atomic mass is 9.94. The van der Waals surface area contributed by atoms with Crippen LogP contribution in [0.15, 0.2) is 72.4 Å². The van der Waals surface area contributed by atoms with Crippen LogP contribution in [0.25, 0.3) is 16.7 Å². The lowest BCUT2D eigenvalue weighted by molar-refractivity contribution is -0.132. The first kappa shape index (κ1) is 25.6. The molecule has 1 unspecified atom stereocenters. The van der Waals surface area contributed by atoms with Crippen molar-refractivity contribution in [1.29, 1.82) is 0 Å². The molecule has 1 atom stereocenters. The van der Waals surface area contributed by atoms with Crippen LogP contribution in [0.1, 0.15) is 42.1 Å². The number of carbonyl (C=O) groups is 2. The van der Waals surface area contributed by atoms with Gasteiger partial charge in [0.2, 0.25) is 0 Å². The third kappa shape index (κ3) is 4.45. The number of rotatable bonds is 6. The van der Waals surface area contributed by atoms with Gasteiger partial charge in [-0.3, -0.25) is 14.5 Å². The summed E-state index contributed by atoms with van der Waals surface area (Å²) in [6.45, 7) is 8.46. The van der Waals surface area contributed by atoms with Crippen molar-refractivity contribution in [2.45, 2.75) is 33.7 Å². The van der Waals surface area contributed by atoms with E-state index in [1.165, 1.54) is 4.90 Å². The Kier molecular flexibility index (Phi) is 6.76. The second-order valence-corrected chi connectivity index (χ2v) is 10.5. The summed E-state index contributed by atoms with van der Waals surface area (Å²) >= 11 is 6.41. The highest BCUT2D eigenvalue weighted by molar-refractivity contribution is 6.52. The summed E-state index contributed by atoms with van der Waals surface area (Å²) in [5.74, 6) is -0.649. The fourth-order valence-electron chi connectivity index (χ4n) is 4.82. The topological polar surface area (TPSA) is 82.6 Å². The molecule has 2 heterocycles. The summed E-state index contributed by atoms with van der Waals surface area (Å²) in [6, 6.07) is 17.3. The Hall–Kier alpha value is -4.03. The number of aliphatic hydroxyl groups excluding tert-OH is 1. The highest BCUT2D eigenvalue weighted by Crippen LogP contribution is 2.45. The van der Waals surface area contributed by atoms with Gasteiger partial charge in [-0.15, -0.1) is 0 Å². The highest BCUT2D eigenvalue weighted by atomic mass is 35.5. The summed E-state index contributed by atoms with van der Waals surface area (Å²) in [5, 5.41) is 12.9. The fraction of sp³-hybridized carbons (Fsp3) is 0.226. The second-order valence-electron chi connectivity index (χ2n) is 10.1. The molecule has 0 bridgehead atoms. The van der Waals surface area contributed by atoms with Gasteiger partial charge in [0.25, 0.3) is 11.7 Å². The lowest BCUT2D eigenvalue weighted by Gasteiger charge is -2.25. The highest BCUT2D eigenvalue weighted by Gasteiger charge is 2.47. The molecule has 1 aliphatic rings. The van der Waals surface area contributed by atoms with Crippen molar-refractivity contribution in [3.05, 3.63) is 99.7 Å². The molecule has 3 aromatic carbocycles. The van der Waals surface area contributed by atoms with Crippen molar-refractivity contribution >= 4 is 45.6 Å². The van der Waals surface area contributed by atoms with Crippen LogP contribution in [0.2, 0.25) is 5.02 Å². The summed E-state index contributed by atoms with van der Waals surface area (Å²) in [6.07, 6.45) is 1.78. The van der Waals surface area contributed by atoms with E-state index in [2.05, 4.69) is 18.8 Å². The van der Waals surface area contributed by atoms with Gasteiger partial charge in [0.15, 0.2) is 0 Å². The van der Waals surface area contributed by atoms with Crippen molar-refractivity contribution in [3.63, 3.8) is 0 Å². The van der Waals surface area contributed by atoms with Crippen LogP contribution in [0.3, 0.4) is 0 Å². The number of aromatic amines is 1. The molecule has 0 spiro atoms. The van der Waals surface area contributed by atoms with Crippen molar-refractivity contribution in [2.24, 2.45) is 5.92 Å². The Labute approximate surface area is 226 Å². The molecule has 5 rings (SSSR count). The number of aromatic nitrogens is 1. The molecule has 0 radical (unpaired) electrons. The van der Waals surface area contributed by atoms with Crippen LogP contribution in [0.4, 0.5) is 5.69 Å². The van der Waals surface area contributed by atoms with Crippen LogP contribution in [0.5, 0.6) is 5.75 Å². The number of H-pyrrole nitrogens is 1. The first-order chi connectivity index (χ1) is 18.2. The van der Waals surface area contributed by atoms with Crippen LogP contribution in [-0.2, 0) is 9.59 Å². The number of nitrogens with zero attached hydrogens (tertiary/aromatic N) is 1. The van der Waals surface area contributed by atoms with Gasteiger partial charge in [-0.1, -0.05) is 49.7 Å². The number of fused-ring (bicyclic) bond motifs is 1. The van der Waals surface area contributed by atoms with Crippen molar-refractivity contribution in [2.75, 3.05) is 11.5 Å². The van der Waals surface area contributed by atoms with Gasteiger partial charge in [-0.25, -0.2) is 0 Å². The van der Waals surface area contributed by atoms with E-state index in [9.17, 15) is 14.7 Å². The molecular formula is C31H29ClN2O4. The SMILES string of the molecule is Cc1ccc(N2C(=O)C(=O)/C(=C(/O)c3ccc(OCC(C)C)c(C)c3)C2c2c[nH]c3ccccc23)cc1Cl. The van der Waals surface area contributed by atoms with Gasteiger partial charge in [0, 0.05) is 38.9 Å². The largest absolute Gasteiger partial charge is 0.507 e. The van der Waals surface area contributed by atoms with E-state index in [0.29, 0.717) is 40.1 Å². The molecule has 0 aliphatic carbocycles. The molecule has 0 saturated carbocycles. The molecular weight excluding hydrogens is 500 g/mol. The number of nitrogens with one attached hydrogen (secondary N) is 1. The number of carbonyl (C=O) groups excluding carboxylic acids is 2. The monoisotopic (exact) mass is 528 g/mol. The molecule has 1 aliphatic heterocycles. The molecule has 1 aromatic heterocycles. The molecule has 1 amide bonds. The van der Waals surface area contributed by atoms with E-state index in [0.717, 1.165) is 22.0 Å². The number of aliphatic hydroxyl groups is 1. The Bertz CT molecular complexity index is 1600. The minimum atomic E-state index is -0.859. The van der Waals surface area contributed by atoms with Crippen LogP contribution in [0, 0.1) is 19.8 Å².